The highest BCUT2D eigenvalue weighted by Crippen LogP contribution is 2.31. The van der Waals surface area contributed by atoms with E-state index >= 15 is 0 Å². The number of nitrogens with zero attached hydrogens (tertiary/aromatic N) is 1. The number of benzene rings is 2. The van der Waals surface area contributed by atoms with Gasteiger partial charge in [0.25, 0.3) is 17.7 Å². The van der Waals surface area contributed by atoms with E-state index in [9.17, 15) is 27.6 Å². The van der Waals surface area contributed by atoms with Gasteiger partial charge < -0.3 is 10.1 Å². The summed E-state index contributed by atoms with van der Waals surface area (Å²) in [5.74, 6) is -1.44. The molecule has 0 saturated heterocycles. The first-order valence-corrected chi connectivity index (χ1v) is 9.90. The van der Waals surface area contributed by atoms with E-state index in [0.717, 1.165) is 12.1 Å². The molecule has 0 saturated carbocycles. The van der Waals surface area contributed by atoms with Gasteiger partial charge in [0.1, 0.15) is 17.2 Å². The van der Waals surface area contributed by atoms with Gasteiger partial charge in [-0.1, -0.05) is 11.6 Å². The number of carbonyl (C=O) groups is 3. The smallest absolute Gasteiger partial charge is 0.416 e. The number of hydrogen-bond acceptors (Lipinski definition) is 5. The van der Waals surface area contributed by atoms with Crippen molar-refractivity contribution < 1.29 is 32.3 Å². The molecule has 0 atom stereocenters. The zero-order valence-corrected chi connectivity index (χ0v) is 18.1. The lowest BCUT2D eigenvalue weighted by Crippen LogP contribution is -2.41. The van der Waals surface area contributed by atoms with Crippen molar-refractivity contribution in [1.82, 2.24) is 21.2 Å². The lowest BCUT2D eigenvalue weighted by Gasteiger charge is -2.12. The quantitative estimate of drug-likeness (QED) is 0.467. The van der Waals surface area contributed by atoms with Crippen molar-refractivity contribution in [2.24, 2.45) is 0 Å². The maximum atomic E-state index is 12.9. The third-order valence-electron chi connectivity index (χ3n) is 4.37. The average molecular weight is 493 g/mol. The molecule has 0 radical (unpaired) electrons. The molecule has 1 heterocycles. The Bertz CT molecular complexity index is 1230. The van der Waals surface area contributed by atoms with Gasteiger partial charge in [-0.25, -0.2) is 0 Å². The van der Waals surface area contributed by atoms with Crippen LogP contribution in [0.1, 0.15) is 36.8 Å². The Morgan fingerprint density at radius 2 is 1.56 bits per heavy atom. The maximum Gasteiger partial charge on any atom is 0.416 e. The number of aromatic nitrogens is 1. The molecule has 0 aliphatic carbocycles. The topological polar surface area (TPSA) is 109 Å². The van der Waals surface area contributed by atoms with Gasteiger partial charge in [-0.3, -0.25) is 30.2 Å². The van der Waals surface area contributed by atoms with Crippen LogP contribution in [0.2, 0.25) is 5.02 Å². The van der Waals surface area contributed by atoms with Crippen LogP contribution in [-0.2, 0) is 6.18 Å². The lowest BCUT2D eigenvalue weighted by atomic mass is 10.1. The van der Waals surface area contributed by atoms with Crippen LogP contribution in [0.25, 0.3) is 0 Å². The second-order valence-corrected chi connectivity index (χ2v) is 7.09. The zero-order chi connectivity index (χ0) is 24.9. The molecule has 34 heavy (non-hydrogen) atoms. The summed E-state index contributed by atoms with van der Waals surface area (Å²) >= 11 is 5.81. The van der Waals surface area contributed by atoms with Crippen molar-refractivity contribution in [2.75, 3.05) is 7.05 Å². The van der Waals surface area contributed by atoms with Gasteiger partial charge in [-0.05, 0) is 48.5 Å². The number of hydrazine groups is 1. The molecule has 1 aromatic heterocycles. The maximum absolute atomic E-state index is 12.9. The number of rotatable bonds is 5. The molecule has 0 aliphatic heterocycles. The molecule has 176 valence electrons. The van der Waals surface area contributed by atoms with Crippen molar-refractivity contribution in [2.45, 2.75) is 6.18 Å². The fraction of sp³-hybridized carbons (Fsp3) is 0.0909. The van der Waals surface area contributed by atoms with E-state index < -0.39 is 29.1 Å². The molecule has 12 heteroatoms. The third kappa shape index (κ3) is 6.01. The Balaban J connectivity index is 1.62. The van der Waals surface area contributed by atoms with Crippen LogP contribution in [0.4, 0.5) is 13.2 Å². The molecule has 2 aromatic carbocycles. The zero-order valence-electron chi connectivity index (χ0n) is 17.4. The van der Waals surface area contributed by atoms with Crippen LogP contribution in [0.5, 0.6) is 11.5 Å². The first-order valence-electron chi connectivity index (χ1n) is 9.52. The molecule has 0 bridgehead atoms. The number of carbonyl (C=O) groups excluding carboxylic acids is 3. The SMILES string of the molecule is CNC(=O)c1cc(Oc2ccc(C(=O)NNC(=O)c3cc(C(F)(F)F)ccc3Cl)cc2)ccn1. The summed E-state index contributed by atoms with van der Waals surface area (Å²) in [6.45, 7) is 0. The van der Waals surface area contributed by atoms with Crippen LogP contribution in [0.15, 0.2) is 60.8 Å². The lowest BCUT2D eigenvalue weighted by molar-refractivity contribution is -0.137. The van der Waals surface area contributed by atoms with Gasteiger partial charge in [0, 0.05) is 24.9 Å². The summed E-state index contributed by atoms with van der Waals surface area (Å²) in [4.78, 5) is 40.1. The van der Waals surface area contributed by atoms with Crippen molar-refractivity contribution in [3.05, 3.63) is 88.2 Å². The molecule has 0 aliphatic rings. The molecular weight excluding hydrogens is 477 g/mol. The number of hydrogen-bond donors (Lipinski definition) is 3. The summed E-state index contributed by atoms with van der Waals surface area (Å²) in [6, 6.07) is 11.0. The predicted molar refractivity (Wildman–Crippen MR) is 116 cm³/mol. The molecule has 0 spiro atoms. The van der Waals surface area contributed by atoms with Crippen LogP contribution in [0.3, 0.4) is 0 Å². The van der Waals surface area contributed by atoms with E-state index in [0.29, 0.717) is 17.6 Å². The van der Waals surface area contributed by atoms with Crippen LogP contribution >= 0.6 is 11.6 Å². The normalized spacial score (nSPS) is 10.9. The fourth-order valence-electron chi connectivity index (χ4n) is 2.67. The minimum atomic E-state index is -4.66. The van der Waals surface area contributed by atoms with Crippen LogP contribution in [0, 0.1) is 0 Å². The minimum Gasteiger partial charge on any atom is -0.457 e. The monoisotopic (exact) mass is 492 g/mol. The Kier molecular flexibility index (Phi) is 7.37. The number of nitrogens with one attached hydrogen (secondary N) is 3. The molecule has 0 unspecified atom stereocenters. The Hall–Kier alpha value is -4.12. The molecular formula is C22H16ClF3N4O4. The first kappa shape index (κ1) is 24.5. The summed E-state index contributed by atoms with van der Waals surface area (Å²) in [5.41, 5.74) is 2.92. The van der Waals surface area contributed by atoms with Crippen molar-refractivity contribution >= 4 is 29.3 Å². The molecule has 3 amide bonds. The molecule has 3 aromatic rings. The van der Waals surface area contributed by atoms with Gasteiger partial charge >= 0.3 is 6.18 Å². The molecule has 8 nitrogen and oxygen atoms in total. The summed E-state index contributed by atoms with van der Waals surface area (Å²) in [6.07, 6.45) is -3.26. The number of ether oxygens (including phenoxy) is 1. The number of alkyl halides is 3. The number of pyridine rings is 1. The van der Waals surface area contributed by atoms with Gasteiger partial charge in [-0.15, -0.1) is 0 Å². The second kappa shape index (κ2) is 10.2. The van der Waals surface area contributed by atoms with Gasteiger partial charge in [0.05, 0.1) is 16.1 Å². The van der Waals surface area contributed by atoms with Crippen molar-refractivity contribution in [1.29, 1.82) is 0 Å². The fourth-order valence-corrected chi connectivity index (χ4v) is 2.87. The highest BCUT2D eigenvalue weighted by molar-refractivity contribution is 6.33. The summed E-state index contributed by atoms with van der Waals surface area (Å²) in [5, 5.41) is 2.24. The van der Waals surface area contributed by atoms with E-state index in [-0.39, 0.29) is 22.2 Å². The van der Waals surface area contributed by atoms with Crippen LogP contribution < -0.4 is 20.9 Å². The van der Waals surface area contributed by atoms with Crippen molar-refractivity contribution in [3.63, 3.8) is 0 Å². The molecule has 3 rings (SSSR count). The Morgan fingerprint density at radius 3 is 2.21 bits per heavy atom. The summed E-state index contributed by atoms with van der Waals surface area (Å²) < 4.78 is 44.2. The van der Waals surface area contributed by atoms with E-state index in [1.165, 1.54) is 43.6 Å². The standard InChI is InChI=1S/C22H16ClF3N4O4/c1-27-21(33)18-11-15(8-9-28-18)34-14-5-2-12(3-6-14)19(31)29-30-20(32)16-10-13(22(24,25)26)4-7-17(16)23/h2-11H,1H3,(H,27,33)(H,29,31)(H,30,32). The molecule has 3 N–H and O–H groups in total. The Labute approximate surface area is 196 Å². The second-order valence-electron chi connectivity index (χ2n) is 6.68. The number of halogens is 4. The van der Waals surface area contributed by atoms with Gasteiger partial charge in [-0.2, -0.15) is 13.2 Å². The highest BCUT2D eigenvalue weighted by atomic mass is 35.5. The number of amides is 3. The Morgan fingerprint density at radius 1 is 0.882 bits per heavy atom. The van der Waals surface area contributed by atoms with Gasteiger partial charge in [0.15, 0.2) is 0 Å². The minimum absolute atomic E-state index is 0.128. The third-order valence-corrected chi connectivity index (χ3v) is 4.70. The van der Waals surface area contributed by atoms with E-state index in [4.69, 9.17) is 16.3 Å². The van der Waals surface area contributed by atoms with Crippen molar-refractivity contribution in [3.8, 4) is 11.5 Å². The summed E-state index contributed by atoms with van der Waals surface area (Å²) in [7, 11) is 1.47. The van der Waals surface area contributed by atoms with Crippen LogP contribution in [-0.4, -0.2) is 29.8 Å². The predicted octanol–water partition coefficient (Wildman–Crippen LogP) is 3.98. The van der Waals surface area contributed by atoms with E-state index in [1.54, 1.807) is 6.07 Å². The first-order chi connectivity index (χ1) is 16.1. The average Bonchev–Trinajstić information content (AvgIpc) is 2.82. The van der Waals surface area contributed by atoms with E-state index in [2.05, 4.69) is 15.7 Å². The van der Waals surface area contributed by atoms with E-state index in [1.807, 2.05) is 5.43 Å². The molecule has 0 fully saturated rings. The largest absolute Gasteiger partial charge is 0.457 e. The van der Waals surface area contributed by atoms with Gasteiger partial charge in [0.2, 0.25) is 0 Å². The highest BCUT2D eigenvalue weighted by Gasteiger charge is 2.31.